The van der Waals surface area contributed by atoms with Crippen LogP contribution in [0.3, 0.4) is 0 Å². The van der Waals surface area contributed by atoms with Crippen LogP contribution in [-0.4, -0.2) is 32.4 Å². The number of aliphatic carboxylic acids is 1. The van der Waals surface area contributed by atoms with E-state index in [1.807, 2.05) is 6.07 Å². The molecule has 0 aliphatic heterocycles. The molecule has 0 heterocycles. The molecule has 0 aliphatic carbocycles. The van der Waals surface area contributed by atoms with E-state index in [9.17, 15) is 13.2 Å². The second kappa shape index (κ2) is 7.10. The van der Waals surface area contributed by atoms with E-state index in [1.54, 1.807) is 25.3 Å². The van der Waals surface area contributed by atoms with Crippen LogP contribution < -0.4 is 4.72 Å². The highest BCUT2D eigenvalue weighted by Crippen LogP contribution is 2.13. The van der Waals surface area contributed by atoms with Gasteiger partial charge in [0.15, 0.2) is 0 Å². The highest BCUT2D eigenvalue weighted by Gasteiger charge is 2.11. The first-order valence-corrected chi connectivity index (χ1v) is 7.38. The molecule has 0 bridgehead atoms. The third kappa shape index (κ3) is 6.21. The number of benzene rings is 1. The molecule has 0 aliphatic rings. The SMILES string of the molecule is COCc1cccc(NS(=O)(=O)CCCC(=O)O)c1. The van der Waals surface area contributed by atoms with Crippen LogP contribution in [0.4, 0.5) is 5.69 Å². The van der Waals surface area contributed by atoms with Gasteiger partial charge < -0.3 is 9.84 Å². The molecule has 0 aromatic heterocycles. The first-order valence-electron chi connectivity index (χ1n) is 5.73. The normalized spacial score (nSPS) is 11.2. The standard InChI is InChI=1S/C12H17NO5S/c1-18-9-10-4-2-5-11(8-10)13-19(16,17)7-3-6-12(14)15/h2,4-5,8,13H,3,6-7,9H2,1H3,(H,14,15). The minimum absolute atomic E-state index is 0.0857. The number of anilines is 1. The maximum absolute atomic E-state index is 11.7. The predicted octanol–water partition coefficient (Wildman–Crippen LogP) is 1.44. The van der Waals surface area contributed by atoms with Crippen LogP contribution in [-0.2, 0) is 26.2 Å². The number of methoxy groups -OCH3 is 1. The van der Waals surface area contributed by atoms with Gasteiger partial charge in [-0.1, -0.05) is 12.1 Å². The summed E-state index contributed by atoms with van der Waals surface area (Å²) in [4.78, 5) is 10.3. The predicted molar refractivity (Wildman–Crippen MR) is 71.4 cm³/mol. The van der Waals surface area contributed by atoms with E-state index in [2.05, 4.69) is 4.72 Å². The van der Waals surface area contributed by atoms with Crippen LogP contribution in [0.1, 0.15) is 18.4 Å². The Kier molecular flexibility index (Phi) is 5.78. The van der Waals surface area contributed by atoms with Gasteiger partial charge in [0, 0.05) is 19.2 Å². The average Bonchev–Trinajstić information content (AvgIpc) is 2.28. The number of ether oxygens (including phenoxy) is 1. The number of nitrogens with one attached hydrogen (secondary N) is 1. The van der Waals surface area contributed by atoms with E-state index in [1.165, 1.54) is 0 Å². The van der Waals surface area contributed by atoms with Crippen molar-refractivity contribution in [2.75, 3.05) is 17.6 Å². The van der Waals surface area contributed by atoms with Crippen molar-refractivity contribution in [3.05, 3.63) is 29.8 Å². The zero-order chi connectivity index (χ0) is 14.3. The molecule has 1 aromatic rings. The van der Waals surface area contributed by atoms with Gasteiger partial charge in [-0.3, -0.25) is 9.52 Å². The summed E-state index contributed by atoms with van der Waals surface area (Å²) in [6.07, 6.45) is -0.0763. The van der Waals surface area contributed by atoms with Crippen LogP contribution >= 0.6 is 0 Å². The molecule has 2 N–H and O–H groups in total. The molecule has 0 amide bonds. The Balaban J connectivity index is 2.61. The molecule has 0 radical (unpaired) electrons. The molecule has 1 rings (SSSR count). The van der Waals surface area contributed by atoms with E-state index >= 15 is 0 Å². The summed E-state index contributed by atoms with van der Waals surface area (Å²) in [5.41, 5.74) is 1.30. The fourth-order valence-corrected chi connectivity index (χ4v) is 2.65. The Morgan fingerprint density at radius 3 is 2.79 bits per heavy atom. The van der Waals surface area contributed by atoms with Crippen molar-refractivity contribution < 1.29 is 23.1 Å². The number of hydrogen-bond acceptors (Lipinski definition) is 4. The molecule has 0 spiro atoms. The minimum Gasteiger partial charge on any atom is -0.481 e. The summed E-state index contributed by atoms with van der Waals surface area (Å²) < 4.78 is 30.8. The van der Waals surface area contributed by atoms with E-state index in [-0.39, 0.29) is 18.6 Å². The largest absolute Gasteiger partial charge is 0.481 e. The molecule has 106 valence electrons. The lowest BCUT2D eigenvalue weighted by molar-refractivity contribution is -0.137. The van der Waals surface area contributed by atoms with E-state index < -0.39 is 16.0 Å². The lowest BCUT2D eigenvalue weighted by Crippen LogP contribution is -2.17. The van der Waals surface area contributed by atoms with Gasteiger partial charge in [-0.2, -0.15) is 0 Å². The van der Waals surface area contributed by atoms with Crippen LogP contribution in [0.5, 0.6) is 0 Å². The summed E-state index contributed by atoms with van der Waals surface area (Å²) in [5, 5.41) is 8.47. The van der Waals surface area contributed by atoms with Crippen LogP contribution in [0, 0.1) is 0 Å². The molecule has 0 atom stereocenters. The van der Waals surface area contributed by atoms with Crippen molar-refractivity contribution in [2.45, 2.75) is 19.4 Å². The third-order valence-corrected chi connectivity index (χ3v) is 3.69. The van der Waals surface area contributed by atoms with Crippen molar-refractivity contribution in [2.24, 2.45) is 0 Å². The Morgan fingerprint density at radius 1 is 1.42 bits per heavy atom. The van der Waals surface area contributed by atoms with Crippen LogP contribution in [0.2, 0.25) is 0 Å². The van der Waals surface area contributed by atoms with Crippen molar-refractivity contribution >= 4 is 21.7 Å². The Labute approximate surface area is 112 Å². The lowest BCUT2D eigenvalue weighted by atomic mass is 10.2. The number of rotatable bonds is 8. The van der Waals surface area contributed by atoms with Gasteiger partial charge in [-0.05, 0) is 24.1 Å². The molecule has 0 saturated heterocycles. The van der Waals surface area contributed by atoms with Gasteiger partial charge in [0.05, 0.1) is 12.4 Å². The summed E-state index contributed by atoms with van der Waals surface area (Å²) in [6.45, 7) is 0.397. The second-order valence-corrected chi connectivity index (χ2v) is 5.89. The van der Waals surface area contributed by atoms with Gasteiger partial charge in [-0.15, -0.1) is 0 Å². The molecule has 0 saturated carbocycles. The van der Waals surface area contributed by atoms with E-state index in [0.29, 0.717) is 12.3 Å². The first-order chi connectivity index (χ1) is 8.93. The first kappa shape index (κ1) is 15.5. The third-order valence-electron chi connectivity index (χ3n) is 2.32. The fraction of sp³-hybridized carbons (Fsp3) is 0.417. The Bertz CT molecular complexity index is 527. The van der Waals surface area contributed by atoms with Crippen molar-refractivity contribution in [1.29, 1.82) is 0 Å². The highest BCUT2D eigenvalue weighted by molar-refractivity contribution is 7.92. The van der Waals surface area contributed by atoms with Crippen LogP contribution in [0.25, 0.3) is 0 Å². The highest BCUT2D eigenvalue weighted by atomic mass is 32.2. The fourth-order valence-electron chi connectivity index (χ4n) is 1.54. The zero-order valence-electron chi connectivity index (χ0n) is 10.6. The molecule has 19 heavy (non-hydrogen) atoms. The van der Waals surface area contributed by atoms with Gasteiger partial charge >= 0.3 is 5.97 Å². The smallest absolute Gasteiger partial charge is 0.303 e. The summed E-state index contributed by atoms with van der Waals surface area (Å²) in [6, 6.07) is 6.86. The monoisotopic (exact) mass is 287 g/mol. The van der Waals surface area contributed by atoms with Crippen molar-refractivity contribution in [3.63, 3.8) is 0 Å². The summed E-state index contributed by atoms with van der Waals surface area (Å²) in [5.74, 6) is -1.22. The number of carbonyl (C=O) groups is 1. The summed E-state index contributed by atoms with van der Waals surface area (Å²) >= 11 is 0. The van der Waals surface area contributed by atoms with Gasteiger partial charge in [0.25, 0.3) is 0 Å². The molecule has 0 fully saturated rings. The van der Waals surface area contributed by atoms with Crippen molar-refractivity contribution in [1.82, 2.24) is 0 Å². The summed E-state index contributed by atoms with van der Waals surface area (Å²) in [7, 11) is -1.96. The molecular formula is C12H17NO5S. The van der Waals surface area contributed by atoms with Crippen LogP contribution in [0.15, 0.2) is 24.3 Å². The molecular weight excluding hydrogens is 270 g/mol. The molecule has 7 heteroatoms. The zero-order valence-corrected chi connectivity index (χ0v) is 11.4. The molecule has 0 unspecified atom stereocenters. The number of carboxylic acid groups (broad SMARTS) is 1. The van der Waals surface area contributed by atoms with E-state index in [0.717, 1.165) is 5.56 Å². The van der Waals surface area contributed by atoms with Crippen molar-refractivity contribution in [3.8, 4) is 0 Å². The molecule has 6 nitrogen and oxygen atoms in total. The van der Waals surface area contributed by atoms with Gasteiger partial charge in [0.1, 0.15) is 0 Å². The van der Waals surface area contributed by atoms with E-state index in [4.69, 9.17) is 9.84 Å². The topological polar surface area (TPSA) is 92.7 Å². The quantitative estimate of drug-likeness (QED) is 0.754. The molecule has 1 aromatic carbocycles. The van der Waals surface area contributed by atoms with Gasteiger partial charge in [-0.25, -0.2) is 8.42 Å². The maximum atomic E-state index is 11.7. The second-order valence-electron chi connectivity index (χ2n) is 4.05. The van der Waals surface area contributed by atoms with Gasteiger partial charge in [0.2, 0.25) is 10.0 Å². The number of hydrogen-bond donors (Lipinski definition) is 2. The number of sulfonamides is 1. The maximum Gasteiger partial charge on any atom is 0.303 e. The Morgan fingerprint density at radius 2 is 2.16 bits per heavy atom. The number of carboxylic acids is 1. The Hall–Kier alpha value is -1.60. The lowest BCUT2D eigenvalue weighted by Gasteiger charge is -2.08. The average molecular weight is 287 g/mol. The minimum atomic E-state index is -3.52.